The van der Waals surface area contributed by atoms with Gasteiger partial charge in [-0.05, 0) is 47.0 Å². The molecule has 1 aromatic rings. The predicted molar refractivity (Wildman–Crippen MR) is 138 cm³/mol. The van der Waals surface area contributed by atoms with Crippen LogP contribution in [0, 0.1) is 18.8 Å². The summed E-state index contributed by atoms with van der Waals surface area (Å²) in [6.07, 6.45) is 7.44. The number of ether oxygens (including phenoxy) is 3. The highest BCUT2D eigenvalue weighted by Crippen LogP contribution is 2.46. The Hall–Kier alpha value is -2.31. The van der Waals surface area contributed by atoms with Gasteiger partial charge in [0.15, 0.2) is 0 Å². The van der Waals surface area contributed by atoms with Crippen molar-refractivity contribution in [1.29, 1.82) is 0 Å². The van der Waals surface area contributed by atoms with Crippen LogP contribution in [-0.2, 0) is 11.2 Å². The maximum Gasteiger partial charge on any atom is 0.238 e. The maximum absolute atomic E-state index is 12.5. The number of aliphatic hydroxyl groups is 1. The van der Waals surface area contributed by atoms with Crippen LogP contribution in [0.15, 0.2) is 39.7 Å². The number of H-pyrrole nitrogens is 1. The number of pyridine rings is 1. The highest BCUT2D eigenvalue weighted by Gasteiger charge is 2.59. The fourth-order valence-electron chi connectivity index (χ4n) is 4.81. The standard InChI is InChI=1S/C28H43NO5/c1-16(2)26-28(8,34-26)25(31)20(6)15-19(5)14-18(4)13-17(3)11-12-22-21(7)23(30)24(32-9)27(29-22)33-10/h11,14-16,20,25-26,31H,12-13H2,1-10H3,(H,29,30). The number of epoxide rings is 1. The molecule has 0 aromatic carbocycles. The Bertz CT molecular complexity index is 1020. The molecule has 0 spiro atoms. The van der Waals surface area contributed by atoms with Crippen molar-refractivity contribution in [2.75, 3.05) is 14.2 Å². The monoisotopic (exact) mass is 473 g/mol. The average Bonchev–Trinajstić information content (AvgIpc) is 3.46. The third-order valence-electron chi connectivity index (χ3n) is 6.67. The molecule has 34 heavy (non-hydrogen) atoms. The quantitative estimate of drug-likeness (QED) is 0.259. The van der Waals surface area contributed by atoms with E-state index in [2.05, 4.69) is 57.8 Å². The van der Waals surface area contributed by atoms with E-state index in [9.17, 15) is 9.90 Å². The van der Waals surface area contributed by atoms with Crippen LogP contribution < -0.4 is 14.9 Å². The molecule has 2 heterocycles. The second-order valence-electron chi connectivity index (χ2n) is 10.2. The molecular formula is C28H43NO5. The summed E-state index contributed by atoms with van der Waals surface area (Å²) in [6, 6.07) is 0. The lowest BCUT2D eigenvalue weighted by Gasteiger charge is -2.21. The fourth-order valence-corrected chi connectivity index (χ4v) is 4.81. The molecule has 2 N–H and O–H groups in total. The van der Waals surface area contributed by atoms with Gasteiger partial charge in [0.2, 0.25) is 17.1 Å². The van der Waals surface area contributed by atoms with Gasteiger partial charge in [-0.1, -0.05) is 55.7 Å². The van der Waals surface area contributed by atoms with Gasteiger partial charge in [0.25, 0.3) is 0 Å². The molecule has 2 rings (SSSR count). The van der Waals surface area contributed by atoms with Crippen LogP contribution in [0.1, 0.15) is 66.1 Å². The van der Waals surface area contributed by atoms with Crippen molar-refractivity contribution in [2.24, 2.45) is 11.8 Å². The summed E-state index contributed by atoms with van der Waals surface area (Å²) in [5.74, 6) is 0.943. The van der Waals surface area contributed by atoms with E-state index in [0.717, 1.165) is 17.7 Å². The Morgan fingerprint density at radius 1 is 1.18 bits per heavy atom. The summed E-state index contributed by atoms with van der Waals surface area (Å²) in [6.45, 7) is 16.4. The van der Waals surface area contributed by atoms with E-state index in [1.165, 1.54) is 25.4 Å². The molecule has 0 aliphatic carbocycles. The van der Waals surface area contributed by atoms with Crippen LogP contribution in [0.2, 0.25) is 0 Å². The topological polar surface area (TPSA) is 84.1 Å². The molecule has 190 valence electrons. The maximum atomic E-state index is 12.5. The Morgan fingerprint density at radius 3 is 2.35 bits per heavy atom. The van der Waals surface area contributed by atoms with Crippen LogP contribution >= 0.6 is 0 Å². The minimum Gasteiger partial charge on any atom is -0.488 e. The Kier molecular flexibility index (Phi) is 9.37. The van der Waals surface area contributed by atoms with E-state index in [-0.39, 0.29) is 23.2 Å². The van der Waals surface area contributed by atoms with E-state index in [1.807, 2.05) is 13.8 Å². The van der Waals surface area contributed by atoms with Crippen molar-refractivity contribution < 1.29 is 19.3 Å². The van der Waals surface area contributed by atoms with Gasteiger partial charge in [-0.3, -0.25) is 4.79 Å². The van der Waals surface area contributed by atoms with Gasteiger partial charge in [-0.2, -0.15) is 0 Å². The zero-order valence-corrected chi connectivity index (χ0v) is 22.5. The molecule has 6 nitrogen and oxygen atoms in total. The van der Waals surface area contributed by atoms with E-state index >= 15 is 0 Å². The number of rotatable bonds is 11. The molecule has 1 aliphatic rings. The van der Waals surface area contributed by atoms with Gasteiger partial charge >= 0.3 is 0 Å². The van der Waals surface area contributed by atoms with Crippen molar-refractivity contribution in [3.8, 4) is 11.6 Å². The van der Waals surface area contributed by atoms with E-state index in [0.29, 0.717) is 23.8 Å². The Balaban J connectivity index is 2.05. The molecule has 4 atom stereocenters. The van der Waals surface area contributed by atoms with E-state index in [4.69, 9.17) is 14.2 Å². The van der Waals surface area contributed by atoms with Gasteiger partial charge in [-0.15, -0.1) is 0 Å². The highest BCUT2D eigenvalue weighted by molar-refractivity contribution is 5.40. The smallest absolute Gasteiger partial charge is 0.238 e. The van der Waals surface area contributed by atoms with Gasteiger partial charge in [-0.25, -0.2) is 0 Å². The van der Waals surface area contributed by atoms with Crippen LogP contribution in [0.4, 0.5) is 0 Å². The first-order valence-electron chi connectivity index (χ1n) is 12.1. The number of allylic oxidation sites excluding steroid dienone is 5. The van der Waals surface area contributed by atoms with E-state index in [1.54, 1.807) is 6.92 Å². The number of methoxy groups -OCH3 is 2. The van der Waals surface area contributed by atoms with Crippen molar-refractivity contribution >= 4 is 0 Å². The fraction of sp³-hybridized carbons (Fsp3) is 0.607. The molecular weight excluding hydrogens is 430 g/mol. The van der Waals surface area contributed by atoms with Crippen molar-refractivity contribution in [3.63, 3.8) is 0 Å². The number of aromatic amines is 1. The number of aliphatic hydroxyl groups excluding tert-OH is 1. The predicted octanol–water partition coefficient (Wildman–Crippen LogP) is 5.28. The molecule has 1 aliphatic heterocycles. The summed E-state index contributed by atoms with van der Waals surface area (Å²) < 4.78 is 16.3. The molecule has 1 saturated heterocycles. The van der Waals surface area contributed by atoms with Gasteiger partial charge in [0.05, 0.1) is 26.4 Å². The van der Waals surface area contributed by atoms with Crippen LogP contribution in [-0.4, -0.2) is 42.1 Å². The number of hydrogen-bond donors (Lipinski definition) is 2. The molecule has 6 heteroatoms. The van der Waals surface area contributed by atoms with E-state index < -0.39 is 11.7 Å². The first-order valence-corrected chi connectivity index (χ1v) is 12.1. The third kappa shape index (κ3) is 6.42. The number of hydrogen-bond acceptors (Lipinski definition) is 5. The molecule has 1 aromatic heterocycles. The van der Waals surface area contributed by atoms with Gasteiger partial charge in [0, 0.05) is 23.6 Å². The van der Waals surface area contributed by atoms with Crippen LogP contribution in [0.3, 0.4) is 0 Å². The largest absolute Gasteiger partial charge is 0.488 e. The molecule has 0 bridgehead atoms. The van der Waals surface area contributed by atoms with Crippen molar-refractivity contribution in [3.05, 3.63) is 56.4 Å². The summed E-state index contributed by atoms with van der Waals surface area (Å²) in [7, 11) is 2.98. The molecule has 0 radical (unpaired) electrons. The SMILES string of the molecule is COc1[nH]c(CC=C(C)CC(C)=CC(C)=CC(C)C(O)C2(C)OC2C(C)C)c(C)c(=O)c1OC. The minimum absolute atomic E-state index is 0.000657. The first-order chi connectivity index (χ1) is 15.8. The van der Waals surface area contributed by atoms with Gasteiger partial charge < -0.3 is 24.3 Å². The van der Waals surface area contributed by atoms with Crippen molar-refractivity contribution in [1.82, 2.24) is 4.98 Å². The highest BCUT2D eigenvalue weighted by atomic mass is 16.6. The van der Waals surface area contributed by atoms with Crippen molar-refractivity contribution in [2.45, 2.75) is 86.0 Å². The lowest BCUT2D eigenvalue weighted by molar-refractivity contribution is 0.0563. The summed E-state index contributed by atoms with van der Waals surface area (Å²) >= 11 is 0. The second kappa shape index (κ2) is 11.4. The Labute approximate surface area is 204 Å². The lowest BCUT2D eigenvalue weighted by atomic mass is 9.86. The van der Waals surface area contributed by atoms with Gasteiger partial charge in [0.1, 0.15) is 5.60 Å². The summed E-state index contributed by atoms with van der Waals surface area (Å²) in [5, 5.41) is 10.8. The zero-order valence-electron chi connectivity index (χ0n) is 22.5. The summed E-state index contributed by atoms with van der Waals surface area (Å²) in [4.78, 5) is 15.7. The van der Waals surface area contributed by atoms with Crippen LogP contribution in [0.5, 0.6) is 11.6 Å². The zero-order chi connectivity index (χ0) is 25.8. The second-order valence-corrected chi connectivity index (χ2v) is 10.2. The molecule has 1 fully saturated rings. The number of nitrogens with one attached hydrogen (secondary N) is 1. The summed E-state index contributed by atoms with van der Waals surface area (Å²) in [5.41, 5.74) is 4.41. The first kappa shape index (κ1) is 27.9. The molecule has 4 unspecified atom stereocenters. The molecule has 0 saturated carbocycles. The van der Waals surface area contributed by atoms with Crippen LogP contribution in [0.25, 0.3) is 0 Å². The minimum atomic E-state index is -0.530. The number of aromatic nitrogens is 1. The lowest BCUT2D eigenvalue weighted by Crippen LogP contribution is -2.35. The normalized spacial score (nSPS) is 23.2. The third-order valence-corrected chi connectivity index (χ3v) is 6.67. The molecule has 0 amide bonds. The average molecular weight is 474 g/mol. The Morgan fingerprint density at radius 2 is 1.82 bits per heavy atom.